The van der Waals surface area contributed by atoms with Gasteiger partial charge in [-0.1, -0.05) is 67.6 Å². The summed E-state index contributed by atoms with van der Waals surface area (Å²) in [5, 5.41) is 9.17. The Morgan fingerprint density at radius 3 is 1.67 bits per heavy atom. The Morgan fingerprint density at radius 1 is 0.944 bits per heavy atom. The van der Waals surface area contributed by atoms with E-state index in [1.54, 1.807) is 0 Å². The Hall–Kier alpha value is -2.09. The molecule has 0 aliphatic carbocycles. The standard InChI is InChI=1S/C16H16O2/c1-16(12-15(17)18,13-8-4-2-5-9-13)14-10-6-3-7-11-14/h2-11H,12H2,1H3,(H,17,18). The van der Waals surface area contributed by atoms with Gasteiger partial charge in [-0.05, 0) is 11.1 Å². The topological polar surface area (TPSA) is 37.3 Å². The molecule has 0 saturated heterocycles. The number of aliphatic carboxylic acids is 1. The summed E-state index contributed by atoms with van der Waals surface area (Å²) < 4.78 is 0. The lowest BCUT2D eigenvalue weighted by atomic mass is 9.74. The molecule has 2 heteroatoms. The Morgan fingerprint density at radius 2 is 1.33 bits per heavy atom. The lowest BCUT2D eigenvalue weighted by Gasteiger charge is -2.29. The van der Waals surface area contributed by atoms with Crippen LogP contribution in [-0.4, -0.2) is 11.1 Å². The monoisotopic (exact) mass is 240 g/mol. The summed E-state index contributed by atoms with van der Waals surface area (Å²) >= 11 is 0. The number of carboxylic acids is 1. The van der Waals surface area contributed by atoms with Gasteiger partial charge in [0.1, 0.15) is 0 Å². The molecule has 0 atom stereocenters. The smallest absolute Gasteiger partial charge is 0.304 e. The molecule has 0 amide bonds. The van der Waals surface area contributed by atoms with Gasteiger partial charge >= 0.3 is 5.97 Å². The second-order valence-corrected chi connectivity index (χ2v) is 4.63. The first-order chi connectivity index (χ1) is 8.63. The zero-order valence-electron chi connectivity index (χ0n) is 10.3. The third-order valence-electron chi connectivity index (χ3n) is 3.33. The molecule has 2 nitrogen and oxygen atoms in total. The summed E-state index contributed by atoms with van der Waals surface area (Å²) in [5.74, 6) is -0.787. The first-order valence-electron chi connectivity index (χ1n) is 5.96. The van der Waals surface area contributed by atoms with Crippen LogP contribution < -0.4 is 0 Å². The highest BCUT2D eigenvalue weighted by molar-refractivity contribution is 5.70. The largest absolute Gasteiger partial charge is 0.481 e. The molecule has 0 heterocycles. The average molecular weight is 240 g/mol. The molecule has 0 saturated carbocycles. The fraction of sp³-hybridized carbons (Fsp3) is 0.188. The zero-order valence-corrected chi connectivity index (χ0v) is 10.3. The van der Waals surface area contributed by atoms with Gasteiger partial charge in [-0.2, -0.15) is 0 Å². The summed E-state index contributed by atoms with van der Waals surface area (Å²) in [6.45, 7) is 1.98. The van der Waals surface area contributed by atoms with Crippen LogP contribution in [0.2, 0.25) is 0 Å². The molecule has 0 aliphatic rings. The third-order valence-corrected chi connectivity index (χ3v) is 3.33. The van der Waals surface area contributed by atoms with Gasteiger partial charge in [0.05, 0.1) is 6.42 Å². The van der Waals surface area contributed by atoms with Crippen LogP contribution in [0.1, 0.15) is 24.5 Å². The third kappa shape index (κ3) is 2.43. The number of hydrogen-bond donors (Lipinski definition) is 1. The van der Waals surface area contributed by atoms with E-state index in [-0.39, 0.29) is 6.42 Å². The number of carbonyl (C=O) groups is 1. The maximum absolute atomic E-state index is 11.2. The van der Waals surface area contributed by atoms with Crippen molar-refractivity contribution < 1.29 is 9.90 Å². The number of hydrogen-bond acceptors (Lipinski definition) is 1. The van der Waals surface area contributed by atoms with Crippen molar-refractivity contribution in [2.45, 2.75) is 18.8 Å². The number of rotatable bonds is 4. The van der Waals surface area contributed by atoms with E-state index in [0.717, 1.165) is 11.1 Å². The summed E-state index contributed by atoms with van der Waals surface area (Å²) in [6.07, 6.45) is 0.0844. The van der Waals surface area contributed by atoms with Crippen molar-refractivity contribution in [3.8, 4) is 0 Å². The minimum Gasteiger partial charge on any atom is -0.481 e. The fourth-order valence-electron chi connectivity index (χ4n) is 2.29. The average Bonchev–Trinajstić information content (AvgIpc) is 2.40. The maximum atomic E-state index is 11.2. The highest BCUT2D eigenvalue weighted by Gasteiger charge is 2.31. The Labute approximate surface area is 107 Å². The molecular weight excluding hydrogens is 224 g/mol. The lowest BCUT2D eigenvalue weighted by molar-refractivity contribution is -0.138. The molecule has 18 heavy (non-hydrogen) atoms. The van der Waals surface area contributed by atoms with Gasteiger partial charge in [-0.3, -0.25) is 4.79 Å². The molecule has 0 bridgehead atoms. The van der Waals surface area contributed by atoms with Crippen LogP contribution in [0.25, 0.3) is 0 Å². The molecule has 1 N–H and O–H groups in total. The molecule has 2 aromatic rings. The van der Waals surface area contributed by atoms with Crippen molar-refractivity contribution in [3.63, 3.8) is 0 Å². The summed E-state index contributed by atoms with van der Waals surface area (Å²) in [6, 6.07) is 19.6. The molecule has 92 valence electrons. The highest BCUT2D eigenvalue weighted by atomic mass is 16.4. The summed E-state index contributed by atoms with van der Waals surface area (Å²) in [5.41, 5.74) is 1.56. The van der Waals surface area contributed by atoms with Crippen LogP contribution in [0.3, 0.4) is 0 Å². The molecule has 0 fully saturated rings. The van der Waals surface area contributed by atoms with Crippen molar-refractivity contribution in [1.82, 2.24) is 0 Å². The van der Waals surface area contributed by atoms with Crippen LogP contribution in [0.15, 0.2) is 60.7 Å². The molecule has 0 aromatic heterocycles. The Bertz CT molecular complexity index is 478. The van der Waals surface area contributed by atoms with Crippen molar-refractivity contribution in [3.05, 3.63) is 71.8 Å². The molecule has 0 unspecified atom stereocenters. The second-order valence-electron chi connectivity index (χ2n) is 4.63. The fourth-order valence-corrected chi connectivity index (χ4v) is 2.29. The Balaban J connectivity index is 2.51. The summed E-state index contributed by atoms with van der Waals surface area (Å²) in [7, 11) is 0. The van der Waals surface area contributed by atoms with Gasteiger partial charge in [0.25, 0.3) is 0 Å². The van der Waals surface area contributed by atoms with Crippen LogP contribution >= 0.6 is 0 Å². The summed E-state index contributed by atoms with van der Waals surface area (Å²) in [4.78, 5) is 11.2. The highest BCUT2D eigenvalue weighted by Crippen LogP contribution is 2.34. The molecule has 0 radical (unpaired) electrons. The molecular formula is C16H16O2. The van der Waals surface area contributed by atoms with E-state index in [1.807, 2.05) is 67.6 Å². The van der Waals surface area contributed by atoms with E-state index in [9.17, 15) is 9.90 Å². The van der Waals surface area contributed by atoms with Crippen molar-refractivity contribution in [2.24, 2.45) is 0 Å². The van der Waals surface area contributed by atoms with E-state index in [2.05, 4.69) is 0 Å². The molecule has 2 rings (SSSR count). The lowest BCUT2D eigenvalue weighted by Crippen LogP contribution is -2.27. The molecule has 0 aliphatic heterocycles. The van der Waals surface area contributed by atoms with Crippen molar-refractivity contribution in [1.29, 1.82) is 0 Å². The van der Waals surface area contributed by atoms with E-state index in [1.165, 1.54) is 0 Å². The predicted molar refractivity (Wildman–Crippen MR) is 71.6 cm³/mol. The van der Waals surface area contributed by atoms with Gasteiger partial charge in [0, 0.05) is 5.41 Å². The van der Waals surface area contributed by atoms with E-state index >= 15 is 0 Å². The van der Waals surface area contributed by atoms with Crippen LogP contribution in [-0.2, 0) is 10.2 Å². The number of benzene rings is 2. The van der Waals surface area contributed by atoms with E-state index in [0.29, 0.717) is 0 Å². The van der Waals surface area contributed by atoms with Crippen LogP contribution in [0, 0.1) is 0 Å². The predicted octanol–water partition coefficient (Wildman–Crippen LogP) is 3.47. The van der Waals surface area contributed by atoms with E-state index < -0.39 is 11.4 Å². The maximum Gasteiger partial charge on any atom is 0.304 e. The second kappa shape index (κ2) is 5.05. The van der Waals surface area contributed by atoms with Gasteiger partial charge < -0.3 is 5.11 Å². The van der Waals surface area contributed by atoms with E-state index in [4.69, 9.17) is 0 Å². The van der Waals surface area contributed by atoms with Crippen LogP contribution in [0.4, 0.5) is 0 Å². The van der Waals surface area contributed by atoms with Crippen molar-refractivity contribution in [2.75, 3.05) is 0 Å². The minimum absolute atomic E-state index is 0.0844. The minimum atomic E-state index is -0.787. The SMILES string of the molecule is CC(CC(=O)O)(c1ccccc1)c1ccccc1. The molecule has 0 spiro atoms. The van der Waals surface area contributed by atoms with Gasteiger partial charge in [0.15, 0.2) is 0 Å². The zero-order chi connectivity index (χ0) is 13.0. The van der Waals surface area contributed by atoms with Gasteiger partial charge in [-0.25, -0.2) is 0 Å². The van der Waals surface area contributed by atoms with Crippen molar-refractivity contribution >= 4 is 5.97 Å². The normalized spacial score (nSPS) is 11.2. The first kappa shape index (κ1) is 12.4. The quantitative estimate of drug-likeness (QED) is 0.888. The Kier molecular flexibility index (Phi) is 3.47. The van der Waals surface area contributed by atoms with Gasteiger partial charge in [0.2, 0.25) is 0 Å². The molecule has 2 aromatic carbocycles. The van der Waals surface area contributed by atoms with Gasteiger partial charge in [-0.15, -0.1) is 0 Å². The first-order valence-corrected chi connectivity index (χ1v) is 5.96. The number of carboxylic acid groups (broad SMARTS) is 1. The van der Waals surface area contributed by atoms with Crippen LogP contribution in [0.5, 0.6) is 0 Å².